The Morgan fingerprint density at radius 2 is 2.05 bits per heavy atom. The zero-order valence-electron chi connectivity index (χ0n) is 10.9. The lowest BCUT2D eigenvalue weighted by Gasteiger charge is -2.29. The highest BCUT2D eigenvalue weighted by molar-refractivity contribution is 7.91. The largest absolute Gasteiger partial charge is 0.480 e. The number of carboxylic acids is 1. The summed E-state index contributed by atoms with van der Waals surface area (Å²) in [6, 6.07) is -1.06. The second-order valence-electron chi connectivity index (χ2n) is 5.22. The molecule has 2 aliphatic heterocycles. The summed E-state index contributed by atoms with van der Waals surface area (Å²) in [5, 5.41) is 8.93. The molecule has 3 unspecified atom stereocenters. The first-order valence-electron chi connectivity index (χ1n) is 6.36. The Labute approximate surface area is 116 Å². The highest BCUT2D eigenvalue weighted by atomic mass is 32.2. The van der Waals surface area contributed by atoms with E-state index < -0.39 is 46.3 Å². The van der Waals surface area contributed by atoms with Gasteiger partial charge in [-0.3, -0.25) is 9.59 Å². The molecule has 9 heteroatoms. The number of carboxylic acid groups (broad SMARTS) is 1. The molecule has 2 heterocycles. The Hall–Kier alpha value is -1.19. The van der Waals surface area contributed by atoms with Gasteiger partial charge in [-0.05, 0) is 6.42 Å². The van der Waals surface area contributed by atoms with Crippen molar-refractivity contribution in [3.05, 3.63) is 0 Å². The molecule has 2 rings (SSSR count). The van der Waals surface area contributed by atoms with E-state index in [0.29, 0.717) is 0 Å². The van der Waals surface area contributed by atoms with Crippen LogP contribution < -0.4 is 5.73 Å². The topological polar surface area (TPSA) is 127 Å². The smallest absolute Gasteiger partial charge is 0.323 e. The molecule has 0 bridgehead atoms. The van der Waals surface area contributed by atoms with Crippen LogP contribution in [0, 0.1) is 5.92 Å². The van der Waals surface area contributed by atoms with Crippen LogP contribution in [-0.2, 0) is 24.2 Å². The molecule has 2 aliphatic rings. The van der Waals surface area contributed by atoms with Crippen molar-refractivity contribution in [3.8, 4) is 0 Å². The Morgan fingerprint density at radius 3 is 2.50 bits per heavy atom. The maximum absolute atomic E-state index is 12.4. The minimum atomic E-state index is -3.20. The molecule has 114 valence electrons. The van der Waals surface area contributed by atoms with Gasteiger partial charge in [-0.25, -0.2) is 8.42 Å². The summed E-state index contributed by atoms with van der Waals surface area (Å²) in [6.45, 7) is -0.113. The van der Waals surface area contributed by atoms with Gasteiger partial charge in [-0.15, -0.1) is 0 Å². The summed E-state index contributed by atoms with van der Waals surface area (Å²) < 4.78 is 28.1. The summed E-state index contributed by atoms with van der Waals surface area (Å²) in [5.74, 6) is -2.41. The molecule has 20 heavy (non-hydrogen) atoms. The van der Waals surface area contributed by atoms with E-state index in [1.807, 2.05) is 0 Å². The second kappa shape index (κ2) is 5.66. The number of carbonyl (C=O) groups excluding carboxylic acids is 1. The van der Waals surface area contributed by atoms with Gasteiger partial charge in [0, 0.05) is 12.1 Å². The molecule has 0 aromatic carbocycles. The molecule has 2 fully saturated rings. The average molecular weight is 306 g/mol. The summed E-state index contributed by atoms with van der Waals surface area (Å²) in [7, 11) is -3.20. The van der Waals surface area contributed by atoms with Gasteiger partial charge in [-0.1, -0.05) is 0 Å². The van der Waals surface area contributed by atoms with Crippen LogP contribution in [0.1, 0.15) is 6.42 Å². The maximum atomic E-state index is 12.4. The first kappa shape index (κ1) is 15.2. The van der Waals surface area contributed by atoms with Gasteiger partial charge in [0.25, 0.3) is 0 Å². The van der Waals surface area contributed by atoms with Crippen molar-refractivity contribution < 1.29 is 27.9 Å². The molecule has 0 saturated carbocycles. The molecular weight excluding hydrogens is 288 g/mol. The fraction of sp³-hybridized carbons (Fsp3) is 0.818. The SMILES string of the molecule is NC1COCC1C(=O)N(CC(=O)O)C1CCS(=O)(=O)C1. The summed E-state index contributed by atoms with van der Waals surface area (Å²) >= 11 is 0. The van der Waals surface area contributed by atoms with E-state index in [0.717, 1.165) is 4.90 Å². The van der Waals surface area contributed by atoms with Crippen molar-refractivity contribution in [3.63, 3.8) is 0 Å². The molecule has 3 atom stereocenters. The van der Waals surface area contributed by atoms with Gasteiger partial charge in [-0.2, -0.15) is 0 Å². The van der Waals surface area contributed by atoms with Crippen LogP contribution in [0.3, 0.4) is 0 Å². The lowest BCUT2D eigenvalue weighted by atomic mass is 10.0. The molecule has 0 aromatic heterocycles. The van der Waals surface area contributed by atoms with E-state index in [1.54, 1.807) is 0 Å². The standard InChI is InChI=1S/C11H18N2O6S/c12-9-5-19-4-8(9)11(16)13(3-10(14)15)7-1-2-20(17,18)6-7/h7-9H,1-6,12H2,(H,14,15). The maximum Gasteiger partial charge on any atom is 0.323 e. The Balaban J connectivity index is 2.15. The zero-order valence-corrected chi connectivity index (χ0v) is 11.7. The third-order valence-electron chi connectivity index (χ3n) is 3.68. The predicted molar refractivity (Wildman–Crippen MR) is 68.7 cm³/mol. The number of hydrogen-bond acceptors (Lipinski definition) is 6. The molecule has 0 aliphatic carbocycles. The number of nitrogens with two attached hydrogens (primary N) is 1. The van der Waals surface area contributed by atoms with Crippen LogP contribution in [0.2, 0.25) is 0 Å². The summed E-state index contributed by atoms with van der Waals surface area (Å²) in [4.78, 5) is 24.5. The number of ether oxygens (including phenoxy) is 1. The molecule has 0 spiro atoms. The number of nitrogens with zero attached hydrogens (tertiary/aromatic N) is 1. The van der Waals surface area contributed by atoms with E-state index in [2.05, 4.69) is 0 Å². The van der Waals surface area contributed by atoms with Crippen LogP contribution in [0.15, 0.2) is 0 Å². The lowest BCUT2D eigenvalue weighted by Crippen LogP contribution is -2.50. The Morgan fingerprint density at radius 1 is 1.35 bits per heavy atom. The van der Waals surface area contributed by atoms with Gasteiger partial charge in [0.2, 0.25) is 5.91 Å². The number of aliphatic carboxylic acids is 1. The molecular formula is C11H18N2O6S. The van der Waals surface area contributed by atoms with Crippen molar-refractivity contribution in [2.45, 2.75) is 18.5 Å². The minimum Gasteiger partial charge on any atom is -0.480 e. The van der Waals surface area contributed by atoms with Gasteiger partial charge >= 0.3 is 5.97 Å². The molecule has 2 saturated heterocycles. The van der Waals surface area contributed by atoms with Gasteiger partial charge in [0.15, 0.2) is 9.84 Å². The van der Waals surface area contributed by atoms with E-state index >= 15 is 0 Å². The number of hydrogen-bond donors (Lipinski definition) is 2. The average Bonchev–Trinajstić information content (AvgIpc) is 2.91. The van der Waals surface area contributed by atoms with Crippen molar-refractivity contribution >= 4 is 21.7 Å². The van der Waals surface area contributed by atoms with Crippen LogP contribution in [0.5, 0.6) is 0 Å². The highest BCUT2D eigenvalue weighted by Gasteiger charge is 2.41. The van der Waals surface area contributed by atoms with Crippen LogP contribution in [-0.4, -0.2) is 73.6 Å². The van der Waals surface area contributed by atoms with E-state index in [-0.39, 0.29) is 31.1 Å². The fourth-order valence-electron chi connectivity index (χ4n) is 2.59. The minimum absolute atomic E-state index is 0.0196. The van der Waals surface area contributed by atoms with E-state index in [4.69, 9.17) is 15.6 Å². The van der Waals surface area contributed by atoms with Crippen molar-refractivity contribution in [2.24, 2.45) is 11.7 Å². The number of sulfone groups is 1. The van der Waals surface area contributed by atoms with Crippen molar-refractivity contribution in [1.29, 1.82) is 0 Å². The third kappa shape index (κ3) is 3.28. The van der Waals surface area contributed by atoms with Crippen LogP contribution >= 0.6 is 0 Å². The van der Waals surface area contributed by atoms with Gasteiger partial charge in [0.05, 0.1) is 30.6 Å². The first-order valence-corrected chi connectivity index (χ1v) is 8.18. The Kier molecular flexibility index (Phi) is 4.31. The first-order chi connectivity index (χ1) is 9.30. The molecule has 1 amide bonds. The van der Waals surface area contributed by atoms with Gasteiger partial charge < -0.3 is 20.5 Å². The molecule has 8 nitrogen and oxygen atoms in total. The van der Waals surface area contributed by atoms with E-state index in [9.17, 15) is 18.0 Å². The van der Waals surface area contributed by atoms with Crippen LogP contribution in [0.25, 0.3) is 0 Å². The zero-order chi connectivity index (χ0) is 14.9. The molecule has 3 N–H and O–H groups in total. The summed E-state index contributed by atoms with van der Waals surface area (Å²) in [6.07, 6.45) is 0.268. The quantitative estimate of drug-likeness (QED) is 0.618. The van der Waals surface area contributed by atoms with E-state index in [1.165, 1.54) is 0 Å². The molecule has 0 aromatic rings. The lowest BCUT2D eigenvalue weighted by molar-refractivity contribution is -0.148. The Bertz CT molecular complexity index is 505. The van der Waals surface area contributed by atoms with Crippen molar-refractivity contribution in [2.75, 3.05) is 31.3 Å². The number of rotatable bonds is 4. The normalized spacial score (nSPS) is 32.1. The highest BCUT2D eigenvalue weighted by Crippen LogP contribution is 2.22. The van der Waals surface area contributed by atoms with Crippen molar-refractivity contribution in [1.82, 2.24) is 4.90 Å². The molecule has 0 radical (unpaired) electrons. The predicted octanol–water partition coefficient (Wildman–Crippen LogP) is -1.94. The second-order valence-corrected chi connectivity index (χ2v) is 7.45. The van der Waals surface area contributed by atoms with Crippen LogP contribution in [0.4, 0.5) is 0 Å². The van der Waals surface area contributed by atoms with Gasteiger partial charge in [0.1, 0.15) is 6.54 Å². The number of amides is 1. The number of carbonyl (C=O) groups is 2. The third-order valence-corrected chi connectivity index (χ3v) is 5.43. The monoisotopic (exact) mass is 306 g/mol. The fourth-order valence-corrected chi connectivity index (χ4v) is 4.32. The summed E-state index contributed by atoms with van der Waals surface area (Å²) in [5.41, 5.74) is 5.76.